The predicted octanol–water partition coefficient (Wildman–Crippen LogP) is 4.60. The smallest absolute Gasteiger partial charge is 0.507 e. The summed E-state index contributed by atoms with van der Waals surface area (Å²) in [6.07, 6.45) is -4.73. The number of nitrogens with two attached hydrogens (primary N) is 1. The molecule has 5 nitrogen and oxygen atoms in total. The summed E-state index contributed by atoms with van der Waals surface area (Å²) in [5.74, 6) is -0.101. The Balaban J connectivity index is 0.00000312. The van der Waals surface area contributed by atoms with Crippen LogP contribution in [0.25, 0.3) is 0 Å². The molecule has 0 saturated carbocycles. The third-order valence-electron chi connectivity index (χ3n) is 2.80. The normalized spacial score (nSPS) is 11.6. The minimum absolute atomic E-state index is 0. The number of halogens is 5. The Hall–Kier alpha value is -1.69. The second-order valence-corrected chi connectivity index (χ2v) is 5.54. The van der Waals surface area contributed by atoms with Gasteiger partial charge in [0.1, 0.15) is 11.5 Å². The Morgan fingerprint density at radius 3 is 2.40 bits per heavy atom. The number of alkyl halides is 3. The van der Waals surface area contributed by atoms with Crippen LogP contribution in [0.5, 0.6) is 11.5 Å². The lowest BCUT2D eigenvalue weighted by Crippen LogP contribution is -2.22. The highest BCUT2D eigenvalue weighted by molar-refractivity contribution is 14.0. The molecule has 0 atom stereocenters. The molecular formula is C15H14BrF3IN3O2. The average molecular weight is 532 g/mol. The second kappa shape index (κ2) is 9.13. The van der Waals surface area contributed by atoms with Crippen molar-refractivity contribution in [1.29, 1.82) is 0 Å². The number of phenolic OH excluding ortho intramolecular Hbond substituents is 1. The zero-order chi connectivity index (χ0) is 17.7. The fraction of sp³-hybridized carbons (Fsp3) is 0.133. The van der Waals surface area contributed by atoms with Crippen LogP contribution < -0.4 is 15.8 Å². The van der Waals surface area contributed by atoms with Crippen molar-refractivity contribution in [3.8, 4) is 11.5 Å². The van der Waals surface area contributed by atoms with Crippen LogP contribution in [0.1, 0.15) is 5.56 Å². The number of hydrogen-bond acceptors (Lipinski definition) is 3. The molecule has 0 aliphatic carbocycles. The Morgan fingerprint density at radius 1 is 1.20 bits per heavy atom. The van der Waals surface area contributed by atoms with Gasteiger partial charge in [0, 0.05) is 5.69 Å². The Labute approximate surface area is 167 Å². The van der Waals surface area contributed by atoms with Crippen LogP contribution in [0.3, 0.4) is 0 Å². The summed E-state index contributed by atoms with van der Waals surface area (Å²) >= 11 is 3.20. The van der Waals surface area contributed by atoms with Crippen molar-refractivity contribution in [2.45, 2.75) is 12.9 Å². The number of ether oxygens (including phenoxy) is 1. The standard InChI is InChI=1S/C15H13BrF3N3O2.HI/c16-12-7-9(1-6-13(12)23)8-21-14(20)22-10-2-4-11(5-3-10)24-15(17,18)19;/h1-7,23H,8H2,(H3,20,21,22);1H. The van der Waals surface area contributed by atoms with E-state index in [1.807, 2.05) is 0 Å². The first-order valence-electron chi connectivity index (χ1n) is 6.63. The van der Waals surface area contributed by atoms with Gasteiger partial charge in [-0.15, -0.1) is 37.1 Å². The van der Waals surface area contributed by atoms with Crippen LogP contribution in [0.4, 0.5) is 18.9 Å². The van der Waals surface area contributed by atoms with Gasteiger partial charge in [-0.05, 0) is 57.9 Å². The fourth-order valence-corrected chi connectivity index (χ4v) is 2.18. The average Bonchev–Trinajstić information content (AvgIpc) is 2.49. The summed E-state index contributed by atoms with van der Waals surface area (Å²) < 4.78 is 40.5. The van der Waals surface area contributed by atoms with E-state index in [2.05, 4.69) is 31.0 Å². The summed E-state index contributed by atoms with van der Waals surface area (Å²) in [6.45, 7) is 0.271. The number of phenols is 1. The van der Waals surface area contributed by atoms with E-state index >= 15 is 0 Å². The predicted molar refractivity (Wildman–Crippen MR) is 103 cm³/mol. The van der Waals surface area contributed by atoms with Gasteiger partial charge < -0.3 is 20.9 Å². The first kappa shape index (κ1) is 21.4. The van der Waals surface area contributed by atoms with Crippen LogP contribution in [0.15, 0.2) is 51.9 Å². The molecule has 0 spiro atoms. The number of nitrogens with one attached hydrogen (secondary N) is 1. The minimum atomic E-state index is -4.73. The molecule has 0 aliphatic heterocycles. The van der Waals surface area contributed by atoms with Gasteiger partial charge in [0.25, 0.3) is 0 Å². The quantitative estimate of drug-likeness (QED) is 0.306. The van der Waals surface area contributed by atoms with Crippen molar-refractivity contribution in [1.82, 2.24) is 0 Å². The Morgan fingerprint density at radius 2 is 1.84 bits per heavy atom. The Kier molecular flexibility index (Phi) is 7.80. The number of aliphatic imine (C=N–C) groups is 1. The molecule has 10 heteroatoms. The molecule has 0 amide bonds. The molecule has 0 bridgehead atoms. The number of benzene rings is 2. The maximum absolute atomic E-state index is 12.1. The molecule has 2 aromatic rings. The van der Waals surface area contributed by atoms with Crippen LogP contribution in [0, 0.1) is 0 Å². The number of hydrogen-bond donors (Lipinski definition) is 3. The molecule has 0 radical (unpaired) electrons. The highest BCUT2D eigenvalue weighted by Crippen LogP contribution is 2.25. The van der Waals surface area contributed by atoms with E-state index in [9.17, 15) is 18.3 Å². The SMILES string of the molecule is I.NC(=NCc1ccc(O)c(Br)c1)Nc1ccc(OC(F)(F)F)cc1. The van der Waals surface area contributed by atoms with Gasteiger partial charge in [0.05, 0.1) is 11.0 Å². The van der Waals surface area contributed by atoms with E-state index in [4.69, 9.17) is 5.73 Å². The largest absolute Gasteiger partial charge is 0.573 e. The van der Waals surface area contributed by atoms with Gasteiger partial charge >= 0.3 is 6.36 Å². The first-order valence-corrected chi connectivity index (χ1v) is 7.42. The molecule has 0 aliphatic rings. The van der Waals surface area contributed by atoms with Gasteiger partial charge in [-0.2, -0.15) is 0 Å². The van der Waals surface area contributed by atoms with Gasteiger partial charge in [0.2, 0.25) is 0 Å². The zero-order valence-corrected chi connectivity index (χ0v) is 16.5. The van der Waals surface area contributed by atoms with Crippen LogP contribution in [-0.2, 0) is 6.54 Å². The van der Waals surface area contributed by atoms with Crippen molar-refractivity contribution in [3.63, 3.8) is 0 Å². The van der Waals surface area contributed by atoms with Crippen molar-refractivity contribution in [2.24, 2.45) is 10.7 Å². The van der Waals surface area contributed by atoms with Crippen molar-refractivity contribution in [2.75, 3.05) is 5.32 Å². The molecule has 4 N–H and O–H groups in total. The van der Waals surface area contributed by atoms with E-state index in [1.165, 1.54) is 30.3 Å². The maximum Gasteiger partial charge on any atom is 0.573 e. The van der Waals surface area contributed by atoms with Crippen LogP contribution >= 0.6 is 39.9 Å². The fourth-order valence-electron chi connectivity index (χ4n) is 1.75. The van der Waals surface area contributed by atoms with E-state index in [0.29, 0.717) is 10.2 Å². The van der Waals surface area contributed by atoms with Crippen molar-refractivity contribution in [3.05, 3.63) is 52.5 Å². The van der Waals surface area contributed by atoms with Gasteiger partial charge in [-0.25, -0.2) is 4.99 Å². The molecule has 2 aromatic carbocycles. The summed E-state index contributed by atoms with van der Waals surface area (Å²) in [4.78, 5) is 4.11. The highest BCUT2D eigenvalue weighted by atomic mass is 127. The number of anilines is 1. The zero-order valence-electron chi connectivity index (χ0n) is 12.5. The molecule has 0 aromatic heterocycles. The molecule has 0 heterocycles. The lowest BCUT2D eigenvalue weighted by Gasteiger charge is -2.10. The Bertz CT molecular complexity index is 740. The van der Waals surface area contributed by atoms with Gasteiger partial charge in [-0.1, -0.05) is 6.07 Å². The molecule has 25 heavy (non-hydrogen) atoms. The number of nitrogens with zero attached hydrogens (tertiary/aromatic N) is 1. The van der Waals surface area contributed by atoms with E-state index in [-0.39, 0.29) is 48.0 Å². The van der Waals surface area contributed by atoms with Crippen LogP contribution in [0.2, 0.25) is 0 Å². The first-order chi connectivity index (χ1) is 11.2. The molecule has 0 saturated heterocycles. The number of guanidine groups is 1. The topological polar surface area (TPSA) is 79.9 Å². The third kappa shape index (κ3) is 7.38. The number of aromatic hydroxyl groups is 1. The maximum atomic E-state index is 12.1. The molecule has 136 valence electrons. The summed E-state index contributed by atoms with van der Waals surface area (Å²) in [6, 6.07) is 10.0. The van der Waals surface area contributed by atoms with E-state index < -0.39 is 6.36 Å². The molecule has 2 rings (SSSR count). The monoisotopic (exact) mass is 531 g/mol. The lowest BCUT2D eigenvalue weighted by atomic mass is 10.2. The van der Waals surface area contributed by atoms with Gasteiger partial charge in [0.15, 0.2) is 5.96 Å². The van der Waals surface area contributed by atoms with E-state index in [0.717, 1.165) is 5.56 Å². The number of rotatable bonds is 4. The lowest BCUT2D eigenvalue weighted by molar-refractivity contribution is -0.274. The highest BCUT2D eigenvalue weighted by Gasteiger charge is 2.30. The third-order valence-corrected chi connectivity index (χ3v) is 3.44. The van der Waals surface area contributed by atoms with Crippen molar-refractivity contribution < 1.29 is 23.0 Å². The van der Waals surface area contributed by atoms with Gasteiger partial charge in [-0.3, -0.25) is 0 Å². The summed E-state index contributed by atoms with van der Waals surface area (Å²) in [7, 11) is 0. The summed E-state index contributed by atoms with van der Waals surface area (Å²) in [5, 5.41) is 12.2. The van der Waals surface area contributed by atoms with Crippen molar-refractivity contribution >= 4 is 51.6 Å². The molecule has 0 fully saturated rings. The second-order valence-electron chi connectivity index (χ2n) is 4.68. The minimum Gasteiger partial charge on any atom is -0.507 e. The summed E-state index contributed by atoms with van der Waals surface area (Å²) in [5.41, 5.74) is 7.02. The van der Waals surface area contributed by atoms with E-state index in [1.54, 1.807) is 12.1 Å². The molecule has 0 unspecified atom stereocenters. The van der Waals surface area contributed by atoms with Crippen LogP contribution in [-0.4, -0.2) is 17.4 Å². The molecular weight excluding hydrogens is 518 g/mol.